The van der Waals surface area contributed by atoms with Crippen molar-refractivity contribution in [3.63, 3.8) is 0 Å². The topological polar surface area (TPSA) is 118 Å². The largest absolute Gasteiger partial charge is 0.364 e. The lowest BCUT2D eigenvalue weighted by Gasteiger charge is -2.10. The standard InChI is InChI=1S/C10H11N5O3/c1-15-8(16)4-6(10(15)18)12-7-3-2-5(9(11)17)13-14-7/h2-3,6H,4H2,1H3,(H2,11,17)(H,12,14). The van der Waals surface area contributed by atoms with Gasteiger partial charge < -0.3 is 11.1 Å². The summed E-state index contributed by atoms with van der Waals surface area (Å²) in [7, 11) is 1.42. The molecule has 3 N–H and O–H groups in total. The number of likely N-dealkylation sites (tertiary alicyclic amines) is 1. The molecule has 1 aromatic rings. The number of likely N-dealkylation sites (N-methyl/N-ethyl adjacent to an activating group) is 1. The Balaban J connectivity index is 2.08. The molecule has 1 aliphatic heterocycles. The van der Waals surface area contributed by atoms with Crippen LogP contribution in [0.25, 0.3) is 0 Å². The number of hydrogen-bond acceptors (Lipinski definition) is 6. The Morgan fingerprint density at radius 1 is 1.44 bits per heavy atom. The smallest absolute Gasteiger partial charge is 0.269 e. The number of carbonyl (C=O) groups excluding carboxylic acids is 3. The molecule has 2 rings (SSSR count). The van der Waals surface area contributed by atoms with Crippen LogP contribution in [0.1, 0.15) is 16.9 Å². The average Bonchev–Trinajstić information content (AvgIpc) is 2.58. The van der Waals surface area contributed by atoms with Crippen LogP contribution in [0.15, 0.2) is 12.1 Å². The Hall–Kier alpha value is -2.51. The fraction of sp³-hybridized carbons (Fsp3) is 0.300. The number of nitrogens with zero attached hydrogens (tertiary/aromatic N) is 3. The van der Waals surface area contributed by atoms with Gasteiger partial charge in [0.2, 0.25) is 5.91 Å². The number of nitrogens with two attached hydrogens (primary N) is 1. The lowest BCUT2D eigenvalue weighted by atomic mass is 10.2. The van der Waals surface area contributed by atoms with E-state index in [2.05, 4.69) is 15.5 Å². The van der Waals surface area contributed by atoms with Crippen molar-refractivity contribution in [1.29, 1.82) is 0 Å². The van der Waals surface area contributed by atoms with Gasteiger partial charge in [-0.05, 0) is 12.1 Å². The minimum atomic E-state index is -0.680. The van der Waals surface area contributed by atoms with Gasteiger partial charge in [-0.3, -0.25) is 19.3 Å². The van der Waals surface area contributed by atoms with E-state index in [0.29, 0.717) is 5.82 Å². The summed E-state index contributed by atoms with van der Waals surface area (Å²) in [4.78, 5) is 34.8. The molecule has 0 aromatic carbocycles. The summed E-state index contributed by atoms with van der Waals surface area (Å²) in [5.41, 5.74) is 5.05. The van der Waals surface area contributed by atoms with Gasteiger partial charge in [0.15, 0.2) is 5.69 Å². The van der Waals surface area contributed by atoms with Crippen LogP contribution in [-0.4, -0.2) is 45.9 Å². The van der Waals surface area contributed by atoms with Crippen molar-refractivity contribution < 1.29 is 14.4 Å². The van der Waals surface area contributed by atoms with Crippen LogP contribution in [0.3, 0.4) is 0 Å². The lowest BCUT2D eigenvalue weighted by Crippen LogP contribution is -2.32. The van der Waals surface area contributed by atoms with E-state index in [1.807, 2.05) is 0 Å². The number of amides is 3. The zero-order valence-electron chi connectivity index (χ0n) is 9.58. The van der Waals surface area contributed by atoms with Gasteiger partial charge in [0.1, 0.15) is 11.9 Å². The first kappa shape index (κ1) is 12.0. The molecule has 18 heavy (non-hydrogen) atoms. The van der Waals surface area contributed by atoms with Crippen LogP contribution in [0.2, 0.25) is 0 Å². The van der Waals surface area contributed by atoms with Crippen molar-refractivity contribution >= 4 is 23.5 Å². The van der Waals surface area contributed by atoms with Crippen LogP contribution >= 0.6 is 0 Å². The van der Waals surface area contributed by atoms with Crippen LogP contribution in [0, 0.1) is 0 Å². The van der Waals surface area contributed by atoms with Gasteiger partial charge in [-0.2, -0.15) is 0 Å². The highest BCUT2D eigenvalue weighted by Gasteiger charge is 2.36. The predicted octanol–water partition coefficient (Wildman–Crippen LogP) is -1.26. The summed E-state index contributed by atoms with van der Waals surface area (Å²) >= 11 is 0. The molecule has 1 fully saturated rings. The number of nitrogens with one attached hydrogen (secondary N) is 1. The molecule has 1 unspecified atom stereocenters. The molecule has 1 aliphatic rings. The molecule has 0 radical (unpaired) electrons. The first-order valence-corrected chi connectivity index (χ1v) is 5.19. The second-order valence-corrected chi connectivity index (χ2v) is 3.86. The van der Waals surface area contributed by atoms with Gasteiger partial charge in [0, 0.05) is 7.05 Å². The first-order chi connectivity index (χ1) is 8.49. The molecule has 1 saturated heterocycles. The Labute approximate surface area is 102 Å². The summed E-state index contributed by atoms with van der Waals surface area (Å²) in [6, 6.07) is 2.22. The van der Waals surface area contributed by atoms with E-state index in [9.17, 15) is 14.4 Å². The van der Waals surface area contributed by atoms with E-state index in [1.165, 1.54) is 19.2 Å². The third-order valence-corrected chi connectivity index (χ3v) is 2.62. The molecule has 1 atom stereocenters. The van der Waals surface area contributed by atoms with Crippen LogP contribution in [-0.2, 0) is 9.59 Å². The Morgan fingerprint density at radius 3 is 2.61 bits per heavy atom. The quantitative estimate of drug-likeness (QED) is 0.646. The van der Waals surface area contributed by atoms with Crippen molar-refractivity contribution in [2.45, 2.75) is 12.5 Å². The van der Waals surface area contributed by atoms with E-state index >= 15 is 0 Å². The lowest BCUT2D eigenvalue weighted by molar-refractivity contribution is -0.136. The van der Waals surface area contributed by atoms with E-state index in [1.54, 1.807) is 0 Å². The summed E-state index contributed by atoms with van der Waals surface area (Å²) < 4.78 is 0. The number of hydrogen-bond donors (Lipinski definition) is 2. The molecule has 0 aliphatic carbocycles. The zero-order valence-corrected chi connectivity index (χ0v) is 9.58. The number of rotatable bonds is 3. The van der Waals surface area contributed by atoms with Crippen molar-refractivity contribution in [1.82, 2.24) is 15.1 Å². The van der Waals surface area contributed by atoms with Gasteiger partial charge in [0.05, 0.1) is 6.42 Å². The maximum absolute atomic E-state index is 11.6. The molecule has 2 heterocycles. The fourth-order valence-corrected chi connectivity index (χ4v) is 1.59. The van der Waals surface area contributed by atoms with E-state index in [-0.39, 0.29) is 23.9 Å². The molecule has 1 aromatic heterocycles. The monoisotopic (exact) mass is 249 g/mol. The predicted molar refractivity (Wildman–Crippen MR) is 60.4 cm³/mol. The molecule has 0 saturated carbocycles. The van der Waals surface area contributed by atoms with Gasteiger partial charge in [-0.15, -0.1) is 10.2 Å². The maximum Gasteiger partial charge on any atom is 0.269 e. The van der Waals surface area contributed by atoms with Crippen molar-refractivity contribution in [2.75, 3.05) is 12.4 Å². The van der Waals surface area contributed by atoms with Crippen molar-refractivity contribution in [3.05, 3.63) is 17.8 Å². The SMILES string of the molecule is CN1C(=O)CC(Nc2ccc(C(N)=O)nn2)C1=O. The summed E-state index contributed by atoms with van der Waals surface area (Å²) in [5, 5.41) is 10.1. The highest BCUT2D eigenvalue weighted by molar-refractivity contribution is 6.06. The van der Waals surface area contributed by atoms with E-state index in [4.69, 9.17) is 5.73 Å². The highest BCUT2D eigenvalue weighted by Crippen LogP contribution is 2.15. The van der Waals surface area contributed by atoms with E-state index in [0.717, 1.165) is 4.90 Å². The molecular formula is C10H11N5O3. The normalized spacial score (nSPS) is 19.2. The van der Waals surface area contributed by atoms with E-state index < -0.39 is 11.9 Å². The van der Waals surface area contributed by atoms with Crippen molar-refractivity contribution in [3.8, 4) is 0 Å². The molecule has 8 heteroatoms. The van der Waals surface area contributed by atoms with Gasteiger partial charge in [0.25, 0.3) is 11.8 Å². The highest BCUT2D eigenvalue weighted by atomic mass is 16.2. The summed E-state index contributed by atoms with van der Waals surface area (Å²) in [6.45, 7) is 0. The number of carbonyl (C=O) groups is 3. The molecule has 0 bridgehead atoms. The second-order valence-electron chi connectivity index (χ2n) is 3.86. The molecule has 3 amide bonds. The van der Waals surface area contributed by atoms with Gasteiger partial charge >= 0.3 is 0 Å². The first-order valence-electron chi connectivity index (χ1n) is 5.19. The number of imide groups is 1. The molecule has 8 nitrogen and oxygen atoms in total. The number of aromatic nitrogens is 2. The Bertz CT molecular complexity index is 513. The van der Waals surface area contributed by atoms with Crippen molar-refractivity contribution in [2.24, 2.45) is 5.73 Å². The molecular weight excluding hydrogens is 238 g/mol. The van der Waals surface area contributed by atoms with Crippen LogP contribution < -0.4 is 11.1 Å². The number of primary amides is 1. The minimum Gasteiger partial charge on any atom is -0.364 e. The molecule has 94 valence electrons. The van der Waals surface area contributed by atoms with Crippen LogP contribution in [0.4, 0.5) is 5.82 Å². The Kier molecular flexibility index (Phi) is 2.92. The van der Waals surface area contributed by atoms with Crippen LogP contribution in [0.5, 0.6) is 0 Å². The second kappa shape index (κ2) is 4.40. The zero-order chi connectivity index (χ0) is 13.3. The maximum atomic E-state index is 11.6. The Morgan fingerprint density at radius 2 is 2.17 bits per heavy atom. The third kappa shape index (κ3) is 2.12. The van der Waals surface area contributed by atoms with Gasteiger partial charge in [-0.25, -0.2) is 0 Å². The summed E-state index contributed by atoms with van der Waals surface area (Å²) in [6.07, 6.45) is 0.0780. The van der Waals surface area contributed by atoms with Gasteiger partial charge in [-0.1, -0.05) is 0 Å². The third-order valence-electron chi connectivity index (χ3n) is 2.62. The number of anilines is 1. The summed E-state index contributed by atoms with van der Waals surface area (Å²) in [5.74, 6) is -0.942. The minimum absolute atomic E-state index is 0.0338. The average molecular weight is 249 g/mol. The fourth-order valence-electron chi connectivity index (χ4n) is 1.59. The molecule has 0 spiro atoms.